The van der Waals surface area contributed by atoms with E-state index >= 15 is 0 Å². The number of esters is 1. The third kappa shape index (κ3) is 6.74. The van der Waals surface area contributed by atoms with Gasteiger partial charge in [-0.3, -0.25) is 0 Å². The number of hydrogen-bond donors (Lipinski definition) is 1. The summed E-state index contributed by atoms with van der Waals surface area (Å²) >= 11 is 6.14. The molecule has 38 heavy (non-hydrogen) atoms. The van der Waals surface area contributed by atoms with Crippen LogP contribution < -0.4 is 0 Å². The maximum absolute atomic E-state index is 13.3. The lowest BCUT2D eigenvalue weighted by Gasteiger charge is -2.37. The third-order valence-electron chi connectivity index (χ3n) is 6.72. The van der Waals surface area contributed by atoms with Crippen molar-refractivity contribution < 1.29 is 24.2 Å². The summed E-state index contributed by atoms with van der Waals surface area (Å²) in [6.07, 6.45) is 0.879. The molecular weight excluding hydrogens is 502 g/mol. The second-order valence-corrected chi connectivity index (χ2v) is 11.1. The van der Waals surface area contributed by atoms with Crippen LogP contribution in [-0.4, -0.2) is 47.4 Å². The van der Waals surface area contributed by atoms with Crippen LogP contribution in [0.1, 0.15) is 60.3 Å². The first-order chi connectivity index (χ1) is 18.0. The van der Waals surface area contributed by atoms with Gasteiger partial charge in [0.15, 0.2) is 0 Å². The van der Waals surface area contributed by atoms with Crippen LogP contribution in [0, 0.1) is 0 Å². The molecule has 1 amide bonds. The Bertz CT molecular complexity index is 1300. The van der Waals surface area contributed by atoms with Crippen molar-refractivity contribution in [2.24, 2.45) is 0 Å². The molecule has 0 heterocycles. The number of aliphatic hydroxyl groups excluding tert-OH is 1. The van der Waals surface area contributed by atoms with Gasteiger partial charge in [-0.05, 0) is 92.1 Å². The summed E-state index contributed by atoms with van der Waals surface area (Å²) in [4.78, 5) is 26.8. The van der Waals surface area contributed by atoms with Gasteiger partial charge in [0, 0.05) is 11.1 Å². The highest BCUT2D eigenvalue weighted by atomic mass is 35.5. The lowest BCUT2D eigenvalue weighted by Crippen LogP contribution is -2.47. The van der Waals surface area contributed by atoms with E-state index in [0.29, 0.717) is 22.6 Å². The van der Waals surface area contributed by atoms with Gasteiger partial charge in [-0.15, -0.1) is 0 Å². The van der Waals surface area contributed by atoms with E-state index in [4.69, 9.17) is 21.1 Å². The predicted octanol–water partition coefficient (Wildman–Crippen LogP) is 6.62. The molecular formula is C31H34ClNO5. The maximum Gasteiger partial charge on any atom is 0.410 e. The van der Waals surface area contributed by atoms with Crippen LogP contribution in [0.5, 0.6) is 0 Å². The number of hydrogen-bond acceptors (Lipinski definition) is 5. The van der Waals surface area contributed by atoms with E-state index < -0.39 is 17.8 Å². The Balaban J connectivity index is 1.58. The number of nitrogens with zero attached hydrogens (tertiary/aromatic N) is 1. The van der Waals surface area contributed by atoms with Crippen molar-refractivity contribution in [3.05, 3.63) is 94.0 Å². The molecule has 0 fully saturated rings. The number of ether oxygens (including phenoxy) is 2. The molecule has 1 aliphatic rings. The van der Waals surface area contributed by atoms with Gasteiger partial charge in [0.1, 0.15) is 5.60 Å². The molecule has 1 aliphatic carbocycles. The zero-order valence-electron chi connectivity index (χ0n) is 22.2. The number of carbonyl (C=O) groups excluding carboxylic acids is 2. The number of halogens is 1. The second kappa shape index (κ2) is 11.6. The number of amides is 1. The summed E-state index contributed by atoms with van der Waals surface area (Å²) in [5.74, 6) is -0.368. The van der Waals surface area contributed by atoms with Crippen LogP contribution in [0.25, 0.3) is 11.1 Å². The molecule has 0 bridgehead atoms. The molecule has 7 heteroatoms. The van der Waals surface area contributed by atoms with E-state index in [-0.39, 0.29) is 18.6 Å². The Hall–Kier alpha value is -3.35. The largest absolute Gasteiger partial charge is 0.465 e. The molecule has 4 rings (SSSR count). The quantitative estimate of drug-likeness (QED) is 0.359. The SMILES string of the molecule is COC(=O)c1ccc(-c2ccc3c(c2)CC(N(CC(O)c2cccc(Cl)c2)C(=O)OC(C)(C)C)CC3)cc1. The van der Waals surface area contributed by atoms with E-state index in [9.17, 15) is 14.7 Å². The molecule has 6 nitrogen and oxygen atoms in total. The molecule has 2 atom stereocenters. The van der Waals surface area contributed by atoms with Crippen LogP contribution in [0.3, 0.4) is 0 Å². The number of fused-ring (bicyclic) bond motifs is 1. The smallest absolute Gasteiger partial charge is 0.410 e. The lowest BCUT2D eigenvalue weighted by molar-refractivity contribution is 0.00195. The molecule has 3 aromatic rings. The zero-order valence-corrected chi connectivity index (χ0v) is 23.0. The summed E-state index contributed by atoms with van der Waals surface area (Å²) in [7, 11) is 1.37. The molecule has 0 spiro atoms. The highest BCUT2D eigenvalue weighted by Gasteiger charge is 2.33. The first kappa shape index (κ1) is 27.7. The first-order valence-electron chi connectivity index (χ1n) is 12.8. The molecule has 0 radical (unpaired) electrons. The number of aryl methyl sites for hydroxylation is 1. The predicted molar refractivity (Wildman–Crippen MR) is 148 cm³/mol. The summed E-state index contributed by atoms with van der Waals surface area (Å²) < 4.78 is 10.5. The van der Waals surface area contributed by atoms with Crippen molar-refractivity contribution in [3.8, 4) is 11.1 Å². The topological polar surface area (TPSA) is 76.1 Å². The van der Waals surface area contributed by atoms with Crippen molar-refractivity contribution >= 4 is 23.7 Å². The summed E-state index contributed by atoms with van der Waals surface area (Å²) in [6.45, 7) is 5.61. The Morgan fingerprint density at radius 2 is 1.74 bits per heavy atom. The molecule has 0 aliphatic heterocycles. The van der Waals surface area contributed by atoms with E-state index in [2.05, 4.69) is 18.2 Å². The highest BCUT2D eigenvalue weighted by Crippen LogP contribution is 2.31. The Morgan fingerprint density at radius 3 is 2.39 bits per heavy atom. The fraction of sp³-hybridized carbons (Fsp3) is 0.355. The fourth-order valence-electron chi connectivity index (χ4n) is 4.80. The second-order valence-electron chi connectivity index (χ2n) is 10.7. The van der Waals surface area contributed by atoms with Gasteiger partial charge in [-0.25, -0.2) is 9.59 Å². The summed E-state index contributed by atoms with van der Waals surface area (Å²) in [5, 5.41) is 11.6. The van der Waals surface area contributed by atoms with Crippen LogP contribution in [0.2, 0.25) is 5.02 Å². The molecule has 0 aromatic heterocycles. The molecule has 1 N–H and O–H groups in total. The molecule has 2 unspecified atom stereocenters. The van der Waals surface area contributed by atoms with E-state index in [1.807, 2.05) is 32.9 Å². The summed E-state index contributed by atoms with van der Waals surface area (Å²) in [6, 6.07) is 20.6. The van der Waals surface area contributed by atoms with Gasteiger partial charge >= 0.3 is 12.1 Å². The molecule has 0 saturated heterocycles. The average molecular weight is 536 g/mol. The highest BCUT2D eigenvalue weighted by molar-refractivity contribution is 6.30. The maximum atomic E-state index is 13.3. The van der Waals surface area contributed by atoms with Crippen molar-refractivity contribution in [1.29, 1.82) is 0 Å². The van der Waals surface area contributed by atoms with Gasteiger partial charge < -0.3 is 19.5 Å². The first-order valence-corrected chi connectivity index (χ1v) is 13.2. The van der Waals surface area contributed by atoms with Crippen molar-refractivity contribution in [1.82, 2.24) is 4.90 Å². The van der Waals surface area contributed by atoms with E-state index in [0.717, 1.165) is 29.5 Å². The van der Waals surface area contributed by atoms with Gasteiger partial charge in [-0.1, -0.05) is 54.1 Å². The Kier molecular flexibility index (Phi) is 8.44. The zero-order chi connectivity index (χ0) is 27.4. The standard InChI is InChI=1S/C31H34ClNO5/c1-31(2,3)38-30(36)33(19-28(34)24-6-5-7-26(32)17-24)27-15-14-21-10-13-23(16-25(21)18-27)20-8-11-22(12-9-20)29(35)37-4/h5-13,16-17,27-28,34H,14-15,18-19H2,1-4H3. The normalized spacial score (nSPS) is 15.8. The van der Waals surface area contributed by atoms with Crippen LogP contribution in [0.15, 0.2) is 66.7 Å². The number of aliphatic hydroxyl groups is 1. The Morgan fingerprint density at radius 1 is 1.03 bits per heavy atom. The van der Waals surface area contributed by atoms with E-state index in [1.54, 1.807) is 41.3 Å². The lowest BCUT2D eigenvalue weighted by atomic mass is 9.85. The molecule has 200 valence electrons. The molecule has 3 aromatic carbocycles. The van der Waals surface area contributed by atoms with Gasteiger partial charge in [0.2, 0.25) is 0 Å². The number of rotatable bonds is 6. The minimum absolute atomic E-state index is 0.101. The van der Waals surface area contributed by atoms with Crippen LogP contribution in [0.4, 0.5) is 4.79 Å². The average Bonchev–Trinajstić information content (AvgIpc) is 2.89. The van der Waals surface area contributed by atoms with Crippen molar-refractivity contribution in [3.63, 3.8) is 0 Å². The van der Waals surface area contributed by atoms with Crippen molar-refractivity contribution in [2.45, 2.75) is 57.8 Å². The van der Waals surface area contributed by atoms with Gasteiger partial charge in [-0.2, -0.15) is 0 Å². The minimum Gasteiger partial charge on any atom is -0.465 e. The minimum atomic E-state index is -0.901. The Labute approximate surface area is 229 Å². The van der Waals surface area contributed by atoms with Gasteiger partial charge in [0.25, 0.3) is 0 Å². The van der Waals surface area contributed by atoms with Gasteiger partial charge in [0.05, 0.1) is 25.3 Å². The number of methoxy groups -OCH3 is 1. The van der Waals surface area contributed by atoms with Crippen LogP contribution >= 0.6 is 11.6 Å². The fourth-order valence-corrected chi connectivity index (χ4v) is 5.00. The monoisotopic (exact) mass is 535 g/mol. The third-order valence-corrected chi connectivity index (χ3v) is 6.95. The summed E-state index contributed by atoms with van der Waals surface area (Å²) in [5.41, 5.74) is 4.91. The van der Waals surface area contributed by atoms with Crippen LogP contribution in [-0.2, 0) is 22.3 Å². The molecule has 0 saturated carbocycles. The number of benzene rings is 3. The number of carbonyl (C=O) groups is 2. The van der Waals surface area contributed by atoms with Crippen molar-refractivity contribution in [2.75, 3.05) is 13.7 Å². The van der Waals surface area contributed by atoms with E-state index in [1.165, 1.54) is 12.7 Å².